The molecule has 0 aliphatic carbocycles. The van der Waals surface area contributed by atoms with Gasteiger partial charge in [-0.05, 0) is 50.6 Å². The van der Waals surface area contributed by atoms with Crippen molar-refractivity contribution in [1.29, 1.82) is 0 Å². The van der Waals surface area contributed by atoms with E-state index >= 15 is 0 Å². The standard InChI is InChI=1S/C13H18N2O4S/c1-9-2-3-10(13(16)17)8-12(9)20(18,19)15-11-4-6-14-7-5-11/h2-3,8,11,14-15H,4-7H2,1H3,(H,16,17). The number of hydrogen-bond donors (Lipinski definition) is 3. The number of aromatic carboxylic acids is 1. The first kappa shape index (κ1) is 15.0. The van der Waals surface area contributed by atoms with Gasteiger partial charge in [-0.2, -0.15) is 0 Å². The van der Waals surface area contributed by atoms with Crippen LogP contribution in [0.2, 0.25) is 0 Å². The molecule has 7 heteroatoms. The molecule has 1 aromatic rings. The van der Waals surface area contributed by atoms with E-state index in [0.717, 1.165) is 25.9 Å². The summed E-state index contributed by atoms with van der Waals surface area (Å²) in [6, 6.07) is 4.03. The van der Waals surface area contributed by atoms with Crippen LogP contribution in [0.5, 0.6) is 0 Å². The van der Waals surface area contributed by atoms with Gasteiger partial charge in [0, 0.05) is 6.04 Å². The first-order chi connectivity index (χ1) is 9.40. The Morgan fingerprint density at radius 2 is 2.00 bits per heavy atom. The maximum absolute atomic E-state index is 12.4. The van der Waals surface area contributed by atoms with E-state index in [4.69, 9.17) is 5.11 Å². The largest absolute Gasteiger partial charge is 0.478 e. The van der Waals surface area contributed by atoms with Crippen LogP contribution in [0.25, 0.3) is 0 Å². The van der Waals surface area contributed by atoms with Crippen molar-refractivity contribution >= 4 is 16.0 Å². The highest BCUT2D eigenvalue weighted by Gasteiger charge is 2.24. The van der Waals surface area contributed by atoms with Gasteiger partial charge in [0.25, 0.3) is 0 Å². The zero-order valence-corrected chi connectivity index (χ0v) is 12.0. The fraction of sp³-hybridized carbons (Fsp3) is 0.462. The highest BCUT2D eigenvalue weighted by molar-refractivity contribution is 7.89. The van der Waals surface area contributed by atoms with Gasteiger partial charge in [0.05, 0.1) is 10.5 Å². The summed E-state index contributed by atoms with van der Waals surface area (Å²) in [6.45, 7) is 3.21. The molecule has 0 atom stereocenters. The molecule has 110 valence electrons. The number of benzene rings is 1. The van der Waals surface area contributed by atoms with Gasteiger partial charge in [0.1, 0.15) is 0 Å². The lowest BCUT2D eigenvalue weighted by Crippen LogP contribution is -2.42. The summed E-state index contributed by atoms with van der Waals surface area (Å²) >= 11 is 0. The lowest BCUT2D eigenvalue weighted by Gasteiger charge is -2.24. The van der Waals surface area contributed by atoms with Crippen molar-refractivity contribution in [1.82, 2.24) is 10.0 Å². The summed E-state index contributed by atoms with van der Waals surface area (Å²) < 4.78 is 27.4. The Kier molecular flexibility index (Phi) is 4.42. The normalized spacial score (nSPS) is 17.1. The third-order valence-electron chi connectivity index (χ3n) is 3.39. The van der Waals surface area contributed by atoms with Crippen LogP contribution in [0.1, 0.15) is 28.8 Å². The van der Waals surface area contributed by atoms with Crippen LogP contribution in [-0.2, 0) is 10.0 Å². The molecule has 2 rings (SSSR count). The number of piperidine rings is 1. The minimum Gasteiger partial charge on any atom is -0.478 e. The van der Waals surface area contributed by atoms with Crippen molar-refractivity contribution in [3.8, 4) is 0 Å². The average Bonchev–Trinajstić information content (AvgIpc) is 2.39. The molecular weight excluding hydrogens is 280 g/mol. The van der Waals surface area contributed by atoms with Crippen LogP contribution in [0, 0.1) is 6.92 Å². The second kappa shape index (κ2) is 5.90. The van der Waals surface area contributed by atoms with Gasteiger partial charge in [0.15, 0.2) is 0 Å². The third kappa shape index (κ3) is 3.36. The maximum atomic E-state index is 12.4. The first-order valence-corrected chi connectivity index (χ1v) is 7.95. The summed E-state index contributed by atoms with van der Waals surface area (Å²) in [5, 5.41) is 12.1. The number of aryl methyl sites for hydroxylation is 1. The van der Waals surface area contributed by atoms with Crippen LogP contribution in [0.4, 0.5) is 0 Å². The Morgan fingerprint density at radius 3 is 2.60 bits per heavy atom. The number of carboxylic acid groups (broad SMARTS) is 1. The summed E-state index contributed by atoms with van der Waals surface area (Å²) in [5.74, 6) is -1.14. The molecule has 1 heterocycles. The molecule has 0 unspecified atom stereocenters. The Bertz CT molecular complexity index is 607. The van der Waals surface area contributed by atoms with Crippen molar-refractivity contribution in [2.75, 3.05) is 13.1 Å². The minimum absolute atomic E-state index is 0.0266. The van der Waals surface area contributed by atoms with Crippen molar-refractivity contribution in [2.24, 2.45) is 0 Å². The lowest BCUT2D eigenvalue weighted by molar-refractivity contribution is 0.0696. The molecule has 0 amide bonds. The Labute approximate surface area is 118 Å². The molecule has 0 saturated carbocycles. The number of carbonyl (C=O) groups is 1. The molecule has 0 aromatic heterocycles. The van der Waals surface area contributed by atoms with E-state index in [-0.39, 0.29) is 16.5 Å². The number of hydrogen-bond acceptors (Lipinski definition) is 4. The van der Waals surface area contributed by atoms with E-state index in [9.17, 15) is 13.2 Å². The van der Waals surface area contributed by atoms with Crippen LogP contribution in [0.15, 0.2) is 23.1 Å². The number of sulfonamides is 1. The second-order valence-corrected chi connectivity index (χ2v) is 6.61. The number of carboxylic acids is 1. The van der Waals surface area contributed by atoms with Crippen LogP contribution >= 0.6 is 0 Å². The number of rotatable bonds is 4. The molecule has 1 aromatic carbocycles. The molecule has 0 radical (unpaired) electrons. The molecule has 1 fully saturated rings. The molecular formula is C13H18N2O4S. The quantitative estimate of drug-likeness (QED) is 0.761. The molecule has 3 N–H and O–H groups in total. The van der Waals surface area contributed by atoms with Gasteiger partial charge >= 0.3 is 5.97 Å². The monoisotopic (exact) mass is 298 g/mol. The number of nitrogens with one attached hydrogen (secondary N) is 2. The highest BCUT2D eigenvalue weighted by atomic mass is 32.2. The summed E-state index contributed by atoms with van der Waals surface area (Å²) in [6.07, 6.45) is 1.47. The molecule has 1 aliphatic heterocycles. The summed E-state index contributed by atoms with van der Waals surface area (Å²) in [7, 11) is -3.69. The maximum Gasteiger partial charge on any atom is 0.335 e. The summed E-state index contributed by atoms with van der Waals surface area (Å²) in [4.78, 5) is 11.0. The Hall–Kier alpha value is -1.44. The molecule has 20 heavy (non-hydrogen) atoms. The Morgan fingerprint density at radius 1 is 1.35 bits per heavy atom. The zero-order valence-electron chi connectivity index (χ0n) is 11.2. The van der Waals surface area contributed by atoms with E-state index < -0.39 is 16.0 Å². The average molecular weight is 298 g/mol. The SMILES string of the molecule is Cc1ccc(C(=O)O)cc1S(=O)(=O)NC1CCNCC1. The van der Waals surface area contributed by atoms with Crippen LogP contribution < -0.4 is 10.0 Å². The smallest absolute Gasteiger partial charge is 0.335 e. The molecule has 0 bridgehead atoms. The van der Waals surface area contributed by atoms with Crippen molar-refractivity contribution < 1.29 is 18.3 Å². The van der Waals surface area contributed by atoms with Crippen molar-refractivity contribution in [3.05, 3.63) is 29.3 Å². The van der Waals surface area contributed by atoms with E-state index in [1.165, 1.54) is 18.2 Å². The highest BCUT2D eigenvalue weighted by Crippen LogP contribution is 2.18. The third-order valence-corrected chi connectivity index (χ3v) is 5.05. The molecule has 1 saturated heterocycles. The van der Waals surface area contributed by atoms with Crippen LogP contribution in [-0.4, -0.2) is 38.6 Å². The fourth-order valence-corrected chi connectivity index (χ4v) is 3.82. The lowest BCUT2D eigenvalue weighted by atomic mass is 10.1. The van der Waals surface area contributed by atoms with E-state index in [2.05, 4.69) is 10.0 Å². The topological polar surface area (TPSA) is 95.5 Å². The summed E-state index contributed by atoms with van der Waals surface area (Å²) in [5.41, 5.74) is 0.512. The van der Waals surface area contributed by atoms with Crippen molar-refractivity contribution in [3.63, 3.8) is 0 Å². The van der Waals surface area contributed by atoms with E-state index in [1.807, 2.05) is 0 Å². The van der Waals surface area contributed by atoms with Gasteiger partial charge < -0.3 is 10.4 Å². The Balaban J connectivity index is 2.28. The molecule has 6 nitrogen and oxygen atoms in total. The predicted octanol–water partition coefficient (Wildman–Crippen LogP) is 0.724. The van der Waals surface area contributed by atoms with E-state index in [1.54, 1.807) is 6.92 Å². The van der Waals surface area contributed by atoms with E-state index in [0.29, 0.717) is 5.56 Å². The van der Waals surface area contributed by atoms with Crippen molar-refractivity contribution in [2.45, 2.75) is 30.7 Å². The minimum atomic E-state index is -3.69. The van der Waals surface area contributed by atoms with Gasteiger partial charge in [-0.3, -0.25) is 0 Å². The predicted molar refractivity (Wildman–Crippen MR) is 74.4 cm³/mol. The van der Waals surface area contributed by atoms with Gasteiger partial charge in [-0.25, -0.2) is 17.9 Å². The van der Waals surface area contributed by atoms with Gasteiger partial charge in [-0.15, -0.1) is 0 Å². The van der Waals surface area contributed by atoms with Gasteiger partial charge in [0.2, 0.25) is 10.0 Å². The van der Waals surface area contributed by atoms with Gasteiger partial charge in [-0.1, -0.05) is 6.07 Å². The molecule has 1 aliphatic rings. The second-order valence-electron chi connectivity index (χ2n) is 4.93. The van der Waals surface area contributed by atoms with Crippen LogP contribution in [0.3, 0.4) is 0 Å². The molecule has 0 spiro atoms. The zero-order chi connectivity index (χ0) is 14.8. The fourth-order valence-electron chi connectivity index (χ4n) is 2.25. The first-order valence-electron chi connectivity index (χ1n) is 6.47.